The standard InChI is InChI=1S/C12H9F3N4O3S/c1-19-10-8(5-17-19)7-3-2-6(4-9(7)18-11(10)16)22-23(20,21)12(13,14)15/h2-5H,1H3,(H2,16,18). The van der Waals surface area contributed by atoms with Crippen molar-refractivity contribution in [1.82, 2.24) is 14.8 Å². The molecule has 0 aliphatic heterocycles. The first-order chi connectivity index (χ1) is 10.6. The minimum atomic E-state index is -5.74. The molecule has 2 heterocycles. The highest BCUT2D eigenvalue weighted by molar-refractivity contribution is 7.88. The third-order valence-electron chi connectivity index (χ3n) is 3.17. The van der Waals surface area contributed by atoms with E-state index >= 15 is 0 Å². The van der Waals surface area contributed by atoms with E-state index in [0.29, 0.717) is 16.3 Å². The Morgan fingerprint density at radius 3 is 2.61 bits per heavy atom. The Balaban J connectivity index is 2.15. The largest absolute Gasteiger partial charge is 0.534 e. The Morgan fingerprint density at radius 1 is 1.26 bits per heavy atom. The van der Waals surface area contributed by atoms with Crippen LogP contribution in [0, 0.1) is 0 Å². The van der Waals surface area contributed by atoms with Crippen LogP contribution in [0.3, 0.4) is 0 Å². The van der Waals surface area contributed by atoms with Gasteiger partial charge in [-0.15, -0.1) is 0 Å². The maximum absolute atomic E-state index is 12.3. The fourth-order valence-corrected chi connectivity index (χ4v) is 2.63. The summed E-state index contributed by atoms with van der Waals surface area (Å²) in [5.74, 6) is -0.395. The van der Waals surface area contributed by atoms with Crippen LogP contribution in [-0.4, -0.2) is 28.7 Å². The summed E-state index contributed by atoms with van der Waals surface area (Å²) in [6.45, 7) is 0. The van der Waals surface area contributed by atoms with Crippen LogP contribution in [0.2, 0.25) is 0 Å². The first-order valence-electron chi connectivity index (χ1n) is 6.12. The summed E-state index contributed by atoms with van der Waals surface area (Å²) in [5.41, 5.74) is 1.05. The number of halogens is 3. The fourth-order valence-electron chi connectivity index (χ4n) is 2.18. The van der Waals surface area contributed by atoms with E-state index in [9.17, 15) is 21.6 Å². The van der Waals surface area contributed by atoms with Gasteiger partial charge in [-0.25, -0.2) is 4.98 Å². The maximum Gasteiger partial charge on any atom is 0.534 e. The van der Waals surface area contributed by atoms with Crippen molar-refractivity contribution in [3.8, 4) is 5.75 Å². The zero-order chi connectivity index (χ0) is 17.0. The number of aryl methyl sites for hydroxylation is 1. The molecular formula is C12H9F3N4O3S. The van der Waals surface area contributed by atoms with Gasteiger partial charge in [0.1, 0.15) is 17.1 Å². The van der Waals surface area contributed by atoms with Crippen LogP contribution in [0.25, 0.3) is 21.8 Å². The van der Waals surface area contributed by atoms with E-state index in [1.165, 1.54) is 16.9 Å². The van der Waals surface area contributed by atoms with Crippen molar-refractivity contribution >= 4 is 37.7 Å². The molecule has 0 bridgehead atoms. The number of anilines is 1. The van der Waals surface area contributed by atoms with Crippen molar-refractivity contribution in [1.29, 1.82) is 0 Å². The number of hydrogen-bond donors (Lipinski definition) is 1. The maximum atomic E-state index is 12.3. The summed E-state index contributed by atoms with van der Waals surface area (Å²) in [4.78, 5) is 4.05. The van der Waals surface area contributed by atoms with Gasteiger partial charge in [-0.05, 0) is 12.1 Å². The third-order valence-corrected chi connectivity index (χ3v) is 4.15. The molecule has 11 heteroatoms. The Morgan fingerprint density at radius 2 is 1.96 bits per heavy atom. The van der Waals surface area contributed by atoms with Gasteiger partial charge in [0.25, 0.3) is 0 Å². The quantitative estimate of drug-likeness (QED) is 0.562. The first-order valence-corrected chi connectivity index (χ1v) is 7.53. The molecular weight excluding hydrogens is 337 g/mol. The second kappa shape index (κ2) is 4.72. The second-order valence-electron chi connectivity index (χ2n) is 4.69. The number of hydrogen-bond acceptors (Lipinski definition) is 6. The number of alkyl halides is 3. The molecule has 0 aliphatic rings. The van der Waals surface area contributed by atoms with Crippen molar-refractivity contribution < 1.29 is 25.8 Å². The van der Waals surface area contributed by atoms with Gasteiger partial charge < -0.3 is 9.92 Å². The van der Waals surface area contributed by atoms with E-state index < -0.39 is 21.4 Å². The number of nitrogen functional groups attached to an aromatic ring is 1. The zero-order valence-corrected chi connectivity index (χ0v) is 12.3. The van der Waals surface area contributed by atoms with Crippen LogP contribution in [0.5, 0.6) is 5.75 Å². The van der Waals surface area contributed by atoms with Gasteiger partial charge in [0.2, 0.25) is 0 Å². The van der Waals surface area contributed by atoms with Crippen LogP contribution in [0.4, 0.5) is 19.0 Å². The van der Waals surface area contributed by atoms with Gasteiger partial charge in [0, 0.05) is 23.9 Å². The molecule has 0 fully saturated rings. The number of benzene rings is 1. The molecule has 0 unspecified atom stereocenters. The van der Waals surface area contributed by atoms with Crippen LogP contribution in [0.1, 0.15) is 0 Å². The summed E-state index contributed by atoms with van der Waals surface area (Å²) in [6.07, 6.45) is 1.53. The van der Waals surface area contributed by atoms with Crippen molar-refractivity contribution in [2.75, 3.05) is 5.73 Å². The Kier molecular flexibility index (Phi) is 3.15. The summed E-state index contributed by atoms with van der Waals surface area (Å²) < 4.78 is 64.7. The molecule has 23 heavy (non-hydrogen) atoms. The SMILES string of the molecule is Cn1ncc2c3ccc(OS(=O)(=O)C(F)(F)F)cc3nc(N)c21. The normalized spacial score (nSPS) is 12.9. The van der Waals surface area contributed by atoms with E-state index in [4.69, 9.17) is 5.73 Å². The monoisotopic (exact) mass is 346 g/mol. The summed E-state index contributed by atoms with van der Waals surface area (Å²) in [7, 11) is -4.08. The molecule has 0 saturated heterocycles. The molecule has 0 radical (unpaired) electrons. The lowest BCUT2D eigenvalue weighted by molar-refractivity contribution is -0.0500. The third kappa shape index (κ3) is 2.42. The van der Waals surface area contributed by atoms with Crippen LogP contribution in [-0.2, 0) is 17.2 Å². The van der Waals surface area contributed by atoms with E-state index in [0.717, 1.165) is 12.1 Å². The average molecular weight is 346 g/mol. The highest BCUT2D eigenvalue weighted by Crippen LogP contribution is 2.32. The molecule has 0 aliphatic carbocycles. The van der Waals surface area contributed by atoms with E-state index in [1.807, 2.05) is 0 Å². The van der Waals surface area contributed by atoms with Crippen molar-refractivity contribution in [2.45, 2.75) is 5.51 Å². The van der Waals surface area contributed by atoms with Gasteiger partial charge in [0.15, 0.2) is 0 Å². The van der Waals surface area contributed by atoms with Crippen LogP contribution in [0.15, 0.2) is 24.4 Å². The number of pyridine rings is 1. The smallest absolute Gasteiger partial charge is 0.382 e. The van der Waals surface area contributed by atoms with E-state index in [2.05, 4.69) is 14.3 Å². The Hall–Kier alpha value is -2.56. The van der Waals surface area contributed by atoms with Crippen molar-refractivity contribution in [3.63, 3.8) is 0 Å². The predicted molar refractivity (Wildman–Crippen MR) is 76.0 cm³/mol. The van der Waals surface area contributed by atoms with E-state index in [-0.39, 0.29) is 11.3 Å². The highest BCUT2D eigenvalue weighted by Gasteiger charge is 2.48. The molecule has 1 aromatic carbocycles. The minimum Gasteiger partial charge on any atom is -0.382 e. The van der Waals surface area contributed by atoms with Gasteiger partial charge in [0.05, 0.1) is 11.7 Å². The van der Waals surface area contributed by atoms with Crippen molar-refractivity contribution in [2.24, 2.45) is 7.05 Å². The van der Waals surface area contributed by atoms with Gasteiger partial charge in [-0.3, -0.25) is 4.68 Å². The first kappa shape index (κ1) is 15.3. The topological polar surface area (TPSA) is 100 Å². The Bertz CT molecular complexity index is 1030. The lowest BCUT2D eigenvalue weighted by atomic mass is 10.1. The molecule has 3 rings (SSSR count). The summed E-state index contributed by atoms with van der Waals surface area (Å²) >= 11 is 0. The molecule has 2 N–H and O–H groups in total. The summed E-state index contributed by atoms with van der Waals surface area (Å²) in [6, 6.07) is 3.57. The molecule has 2 aromatic heterocycles. The minimum absolute atomic E-state index is 0.114. The number of nitrogens with zero attached hydrogens (tertiary/aromatic N) is 3. The van der Waals surface area contributed by atoms with Crippen molar-refractivity contribution in [3.05, 3.63) is 24.4 Å². The van der Waals surface area contributed by atoms with Gasteiger partial charge in [-0.1, -0.05) is 0 Å². The molecule has 0 spiro atoms. The molecule has 0 saturated carbocycles. The molecule has 122 valence electrons. The van der Waals surface area contributed by atoms with Gasteiger partial charge in [-0.2, -0.15) is 26.7 Å². The fraction of sp³-hybridized carbons (Fsp3) is 0.167. The second-order valence-corrected chi connectivity index (χ2v) is 6.23. The van der Waals surface area contributed by atoms with E-state index in [1.54, 1.807) is 7.05 Å². The molecule has 0 amide bonds. The van der Waals surface area contributed by atoms with Crippen LogP contribution < -0.4 is 9.92 Å². The lowest BCUT2D eigenvalue weighted by Gasteiger charge is -2.10. The van der Waals surface area contributed by atoms with Crippen LogP contribution >= 0.6 is 0 Å². The average Bonchev–Trinajstić information content (AvgIpc) is 2.80. The number of aromatic nitrogens is 3. The summed E-state index contributed by atoms with van der Waals surface area (Å²) in [5, 5.41) is 5.24. The molecule has 7 nitrogen and oxygen atoms in total. The van der Waals surface area contributed by atoms with Gasteiger partial charge >= 0.3 is 15.6 Å². The highest BCUT2D eigenvalue weighted by atomic mass is 32.2. The number of fused-ring (bicyclic) bond motifs is 3. The lowest BCUT2D eigenvalue weighted by Crippen LogP contribution is -2.28. The predicted octanol–water partition coefficient (Wildman–Crippen LogP) is 1.93. The molecule has 0 atom stereocenters. The zero-order valence-electron chi connectivity index (χ0n) is 11.5. The number of rotatable bonds is 2. The number of nitrogens with two attached hydrogens (primary N) is 1. The molecule has 3 aromatic rings. The Labute approximate surface area is 127 Å².